The number of benzene rings is 1. The van der Waals surface area contributed by atoms with Gasteiger partial charge in [-0.2, -0.15) is 8.78 Å². The molecule has 0 spiro atoms. The largest absolute Gasteiger partial charge is 0.435 e. The first-order chi connectivity index (χ1) is 9.04. The van der Waals surface area contributed by atoms with Gasteiger partial charge in [-0.15, -0.1) is 0 Å². The number of alkyl halides is 2. The molecule has 0 aliphatic heterocycles. The number of rotatable bonds is 4. The van der Waals surface area contributed by atoms with Gasteiger partial charge >= 0.3 is 6.61 Å². The van der Waals surface area contributed by atoms with E-state index in [1.165, 1.54) is 12.1 Å². The van der Waals surface area contributed by atoms with Crippen LogP contribution in [0.3, 0.4) is 0 Å². The molecule has 0 unspecified atom stereocenters. The predicted octanol–water partition coefficient (Wildman–Crippen LogP) is 3.32. The number of nitrogens with two attached hydrogens (primary N) is 1. The Kier molecular flexibility index (Phi) is 3.79. The number of hydrogen-bond donors (Lipinski definition) is 2. The zero-order chi connectivity index (χ0) is 13.8. The van der Waals surface area contributed by atoms with Crippen LogP contribution in [0.25, 0.3) is 0 Å². The van der Waals surface area contributed by atoms with E-state index in [-0.39, 0.29) is 5.75 Å². The minimum Gasteiger partial charge on any atom is -0.435 e. The lowest BCUT2D eigenvalue weighted by atomic mass is 10.2. The highest BCUT2D eigenvalue weighted by molar-refractivity contribution is 5.60. The van der Waals surface area contributed by atoms with E-state index in [0.29, 0.717) is 11.5 Å². The van der Waals surface area contributed by atoms with Gasteiger partial charge in [0.15, 0.2) is 0 Å². The van der Waals surface area contributed by atoms with Crippen molar-refractivity contribution in [3.05, 3.63) is 42.1 Å². The van der Waals surface area contributed by atoms with Crippen LogP contribution in [-0.4, -0.2) is 11.6 Å². The molecule has 2 rings (SSSR count). The van der Waals surface area contributed by atoms with E-state index in [9.17, 15) is 8.78 Å². The van der Waals surface area contributed by atoms with E-state index < -0.39 is 6.61 Å². The van der Waals surface area contributed by atoms with Crippen LogP contribution in [0.5, 0.6) is 5.75 Å². The molecule has 1 aromatic heterocycles. The standard InChI is InChI=1S/C13H13F2N3O/c1-8-6-12(17-7-11(8)16)18-9-2-4-10(5-3-9)19-13(14)15/h2-7,13H,16H2,1H3,(H,17,18). The Morgan fingerprint density at radius 2 is 1.95 bits per heavy atom. The van der Waals surface area contributed by atoms with Crippen molar-refractivity contribution >= 4 is 17.2 Å². The Balaban J connectivity index is 2.08. The molecule has 0 aliphatic carbocycles. The van der Waals surface area contributed by atoms with Crippen LogP contribution in [0.1, 0.15) is 5.56 Å². The lowest BCUT2D eigenvalue weighted by Crippen LogP contribution is -2.02. The fourth-order valence-electron chi connectivity index (χ4n) is 1.50. The predicted molar refractivity (Wildman–Crippen MR) is 69.7 cm³/mol. The number of anilines is 3. The van der Waals surface area contributed by atoms with E-state index in [0.717, 1.165) is 11.3 Å². The van der Waals surface area contributed by atoms with E-state index >= 15 is 0 Å². The molecule has 1 aromatic carbocycles. The van der Waals surface area contributed by atoms with Gasteiger partial charge in [-0.3, -0.25) is 0 Å². The van der Waals surface area contributed by atoms with Crippen LogP contribution in [0.4, 0.5) is 26.0 Å². The molecule has 0 bridgehead atoms. The number of nitrogens with one attached hydrogen (secondary N) is 1. The Labute approximate surface area is 109 Å². The first-order valence-electron chi connectivity index (χ1n) is 5.58. The van der Waals surface area contributed by atoms with Crippen molar-refractivity contribution in [2.45, 2.75) is 13.5 Å². The van der Waals surface area contributed by atoms with Gasteiger partial charge in [-0.05, 0) is 42.8 Å². The maximum atomic E-state index is 12.0. The second kappa shape index (κ2) is 5.51. The Hall–Kier alpha value is -2.37. The molecule has 6 heteroatoms. The Morgan fingerprint density at radius 3 is 2.53 bits per heavy atom. The van der Waals surface area contributed by atoms with Gasteiger partial charge in [0.1, 0.15) is 11.6 Å². The van der Waals surface area contributed by atoms with Crippen LogP contribution in [0, 0.1) is 6.92 Å². The summed E-state index contributed by atoms with van der Waals surface area (Å²) in [6.45, 7) is -0.942. The maximum Gasteiger partial charge on any atom is 0.387 e. The van der Waals surface area contributed by atoms with Crippen LogP contribution in [0.2, 0.25) is 0 Å². The number of aromatic nitrogens is 1. The molecule has 0 saturated heterocycles. The molecule has 0 amide bonds. The van der Waals surface area contributed by atoms with E-state index in [1.807, 2.05) is 6.92 Å². The molecule has 4 nitrogen and oxygen atoms in total. The minimum atomic E-state index is -2.82. The number of nitrogens with zero attached hydrogens (tertiary/aromatic N) is 1. The van der Waals surface area contributed by atoms with Crippen LogP contribution in [0.15, 0.2) is 36.5 Å². The highest BCUT2D eigenvalue weighted by Gasteiger charge is 2.04. The number of hydrogen-bond acceptors (Lipinski definition) is 4. The summed E-state index contributed by atoms with van der Waals surface area (Å²) >= 11 is 0. The van der Waals surface area contributed by atoms with Crippen molar-refractivity contribution < 1.29 is 13.5 Å². The van der Waals surface area contributed by atoms with Crippen molar-refractivity contribution in [2.24, 2.45) is 0 Å². The lowest BCUT2D eigenvalue weighted by molar-refractivity contribution is -0.0498. The molecule has 0 saturated carbocycles. The van der Waals surface area contributed by atoms with Crippen molar-refractivity contribution in [1.82, 2.24) is 4.98 Å². The highest BCUT2D eigenvalue weighted by atomic mass is 19.3. The maximum absolute atomic E-state index is 12.0. The van der Waals surface area contributed by atoms with Crippen molar-refractivity contribution in [1.29, 1.82) is 0 Å². The lowest BCUT2D eigenvalue weighted by Gasteiger charge is -2.09. The fourth-order valence-corrected chi connectivity index (χ4v) is 1.50. The number of halogens is 2. The fraction of sp³-hybridized carbons (Fsp3) is 0.154. The smallest absolute Gasteiger partial charge is 0.387 e. The van der Waals surface area contributed by atoms with Gasteiger partial charge in [0.2, 0.25) is 0 Å². The van der Waals surface area contributed by atoms with E-state index in [4.69, 9.17) is 5.73 Å². The molecule has 1 heterocycles. The summed E-state index contributed by atoms with van der Waals surface area (Å²) < 4.78 is 28.2. The average Bonchev–Trinajstić information content (AvgIpc) is 2.36. The Morgan fingerprint density at radius 1 is 1.26 bits per heavy atom. The quantitative estimate of drug-likeness (QED) is 0.890. The molecule has 100 valence electrons. The second-order valence-electron chi connectivity index (χ2n) is 3.95. The van der Waals surface area contributed by atoms with Gasteiger partial charge in [0.05, 0.1) is 11.9 Å². The molecule has 0 fully saturated rings. The molecule has 2 aromatic rings. The third kappa shape index (κ3) is 3.54. The molecule has 0 aliphatic rings. The first kappa shape index (κ1) is 13.1. The third-order valence-electron chi connectivity index (χ3n) is 2.50. The summed E-state index contributed by atoms with van der Waals surface area (Å²) in [5.74, 6) is 0.747. The summed E-state index contributed by atoms with van der Waals surface area (Å²) in [7, 11) is 0. The van der Waals surface area contributed by atoms with Gasteiger partial charge < -0.3 is 15.8 Å². The second-order valence-corrected chi connectivity index (χ2v) is 3.95. The number of ether oxygens (including phenoxy) is 1. The summed E-state index contributed by atoms with van der Waals surface area (Å²) in [4.78, 5) is 4.12. The normalized spacial score (nSPS) is 10.5. The average molecular weight is 265 g/mol. The summed E-state index contributed by atoms with van der Waals surface area (Å²) in [6, 6.07) is 7.98. The topological polar surface area (TPSA) is 60.2 Å². The molecule has 0 radical (unpaired) electrons. The van der Waals surface area contributed by atoms with E-state index in [2.05, 4.69) is 15.0 Å². The minimum absolute atomic E-state index is 0.113. The van der Waals surface area contributed by atoms with Crippen molar-refractivity contribution in [3.8, 4) is 5.75 Å². The van der Waals surface area contributed by atoms with Crippen LogP contribution >= 0.6 is 0 Å². The third-order valence-corrected chi connectivity index (χ3v) is 2.50. The van der Waals surface area contributed by atoms with Gasteiger partial charge in [-0.1, -0.05) is 0 Å². The number of pyridine rings is 1. The monoisotopic (exact) mass is 265 g/mol. The molecular formula is C13H13F2N3O. The summed E-state index contributed by atoms with van der Waals surface area (Å²) in [5.41, 5.74) is 7.92. The van der Waals surface area contributed by atoms with Crippen molar-refractivity contribution in [3.63, 3.8) is 0 Å². The van der Waals surface area contributed by atoms with Gasteiger partial charge in [-0.25, -0.2) is 4.98 Å². The zero-order valence-electron chi connectivity index (χ0n) is 10.2. The van der Waals surface area contributed by atoms with Crippen molar-refractivity contribution in [2.75, 3.05) is 11.1 Å². The number of nitrogen functional groups attached to an aromatic ring is 1. The highest BCUT2D eigenvalue weighted by Crippen LogP contribution is 2.21. The molecule has 3 N–H and O–H groups in total. The van der Waals surface area contributed by atoms with Gasteiger partial charge in [0.25, 0.3) is 0 Å². The molecule has 19 heavy (non-hydrogen) atoms. The SMILES string of the molecule is Cc1cc(Nc2ccc(OC(F)F)cc2)ncc1N. The number of aryl methyl sites for hydroxylation is 1. The summed E-state index contributed by atoms with van der Waals surface area (Å²) in [5, 5.41) is 3.04. The van der Waals surface area contributed by atoms with Gasteiger partial charge in [0, 0.05) is 5.69 Å². The molecular weight excluding hydrogens is 252 g/mol. The Bertz CT molecular complexity index is 558. The molecule has 0 atom stereocenters. The first-order valence-corrected chi connectivity index (χ1v) is 5.58. The van der Waals surface area contributed by atoms with E-state index in [1.54, 1.807) is 24.4 Å². The summed E-state index contributed by atoms with van der Waals surface area (Å²) in [6.07, 6.45) is 1.56. The van der Waals surface area contributed by atoms with Crippen LogP contribution in [-0.2, 0) is 0 Å². The zero-order valence-corrected chi connectivity index (χ0v) is 10.2. The van der Waals surface area contributed by atoms with Crippen LogP contribution < -0.4 is 15.8 Å².